The van der Waals surface area contributed by atoms with Crippen LogP contribution in [0, 0.1) is 24.6 Å². The molecule has 2 rings (SSSR count). The molecule has 1 nitrogen and oxygen atoms in total. The van der Waals surface area contributed by atoms with Crippen molar-refractivity contribution in [3.8, 4) is 0 Å². The van der Waals surface area contributed by atoms with Crippen molar-refractivity contribution >= 4 is 0 Å². The molecule has 1 N–H and O–H groups in total. The van der Waals surface area contributed by atoms with Crippen molar-refractivity contribution in [3.63, 3.8) is 0 Å². The molecule has 1 aliphatic rings. The van der Waals surface area contributed by atoms with E-state index in [4.69, 9.17) is 0 Å². The van der Waals surface area contributed by atoms with Gasteiger partial charge < -0.3 is 5.32 Å². The normalized spacial score (nSPS) is 27.7. The van der Waals surface area contributed by atoms with Gasteiger partial charge in [0, 0.05) is 6.04 Å². The number of rotatable bonds is 4. The van der Waals surface area contributed by atoms with Crippen molar-refractivity contribution in [3.05, 3.63) is 35.1 Å². The summed E-state index contributed by atoms with van der Waals surface area (Å²) in [5.41, 5.74) is 2.40. The van der Waals surface area contributed by atoms with E-state index in [2.05, 4.69) is 19.2 Å². The van der Waals surface area contributed by atoms with Gasteiger partial charge in [-0.3, -0.25) is 0 Å². The first-order chi connectivity index (χ1) is 8.61. The van der Waals surface area contributed by atoms with Gasteiger partial charge in [0.15, 0.2) is 0 Å². The predicted octanol–water partition coefficient (Wildman–Crippen LogP) is 3.70. The second-order valence-electron chi connectivity index (χ2n) is 5.64. The van der Waals surface area contributed by atoms with E-state index in [1.807, 2.05) is 13.0 Å². The highest BCUT2D eigenvalue weighted by molar-refractivity contribution is 5.27. The molecular formula is C16H24FN. The molecule has 3 unspecified atom stereocenters. The Labute approximate surface area is 110 Å². The lowest BCUT2D eigenvalue weighted by atomic mass is 9.88. The second-order valence-corrected chi connectivity index (χ2v) is 5.64. The molecule has 2 heteroatoms. The van der Waals surface area contributed by atoms with E-state index < -0.39 is 0 Å². The van der Waals surface area contributed by atoms with E-state index in [1.165, 1.54) is 18.4 Å². The molecular weight excluding hydrogens is 225 g/mol. The van der Waals surface area contributed by atoms with Gasteiger partial charge in [-0.15, -0.1) is 0 Å². The molecule has 0 aromatic heterocycles. The minimum atomic E-state index is -0.124. The molecule has 100 valence electrons. The quantitative estimate of drug-likeness (QED) is 0.858. The number of benzene rings is 1. The molecule has 0 radical (unpaired) electrons. The molecule has 0 saturated heterocycles. The van der Waals surface area contributed by atoms with E-state index in [0.29, 0.717) is 6.04 Å². The molecule has 3 atom stereocenters. The zero-order valence-corrected chi connectivity index (χ0v) is 11.7. The van der Waals surface area contributed by atoms with Crippen molar-refractivity contribution in [1.29, 1.82) is 0 Å². The van der Waals surface area contributed by atoms with E-state index in [1.54, 1.807) is 12.1 Å². The second kappa shape index (κ2) is 5.83. The lowest BCUT2D eigenvalue weighted by Gasteiger charge is -2.22. The van der Waals surface area contributed by atoms with E-state index in [0.717, 1.165) is 30.4 Å². The average molecular weight is 249 g/mol. The smallest absolute Gasteiger partial charge is 0.123 e. The SMILES string of the molecule is CCNC1CCC(Cc2ccc(F)cc2C)C1C. The monoisotopic (exact) mass is 249 g/mol. The Morgan fingerprint density at radius 3 is 2.78 bits per heavy atom. The van der Waals surface area contributed by atoms with Gasteiger partial charge in [-0.2, -0.15) is 0 Å². The Bertz CT molecular complexity index is 402. The molecule has 1 fully saturated rings. The highest BCUT2D eigenvalue weighted by atomic mass is 19.1. The third-order valence-corrected chi connectivity index (χ3v) is 4.48. The summed E-state index contributed by atoms with van der Waals surface area (Å²) >= 11 is 0. The Kier molecular flexibility index (Phi) is 4.39. The fourth-order valence-electron chi connectivity index (χ4n) is 3.26. The number of nitrogens with one attached hydrogen (secondary N) is 1. The van der Waals surface area contributed by atoms with Crippen LogP contribution in [0.25, 0.3) is 0 Å². The maximum absolute atomic E-state index is 13.1. The van der Waals surface area contributed by atoms with Gasteiger partial charge >= 0.3 is 0 Å². The van der Waals surface area contributed by atoms with Crippen LogP contribution in [0.5, 0.6) is 0 Å². The standard InChI is InChI=1S/C16H24FN/c1-4-18-16-8-6-14(12(16)3)10-13-5-7-15(17)9-11(13)2/h5,7,9,12,14,16,18H,4,6,8,10H2,1-3H3. The first-order valence-corrected chi connectivity index (χ1v) is 7.10. The first-order valence-electron chi connectivity index (χ1n) is 7.10. The summed E-state index contributed by atoms with van der Waals surface area (Å²) in [6, 6.07) is 5.86. The third-order valence-electron chi connectivity index (χ3n) is 4.48. The van der Waals surface area contributed by atoms with Crippen molar-refractivity contribution in [2.75, 3.05) is 6.54 Å². The number of aryl methyl sites for hydroxylation is 1. The molecule has 0 aliphatic heterocycles. The summed E-state index contributed by atoms with van der Waals surface area (Å²) < 4.78 is 13.1. The topological polar surface area (TPSA) is 12.0 Å². The molecule has 1 aromatic rings. The minimum Gasteiger partial charge on any atom is -0.314 e. The Balaban J connectivity index is 2.02. The molecule has 18 heavy (non-hydrogen) atoms. The van der Waals surface area contributed by atoms with Crippen molar-refractivity contribution in [2.45, 2.75) is 46.1 Å². The summed E-state index contributed by atoms with van der Waals surface area (Å²) in [7, 11) is 0. The highest BCUT2D eigenvalue weighted by Gasteiger charge is 2.32. The lowest BCUT2D eigenvalue weighted by molar-refractivity contribution is 0.354. The van der Waals surface area contributed by atoms with Crippen molar-refractivity contribution in [2.24, 2.45) is 11.8 Å². The van der Waals surface area contributed by atoms with Crippen LogP contribution in [-0.4, -0.2) is 12.6 Å². The van der Waals surface area contributed by atoms with E-state index >= 15 is 0 Å². The summed E-state index contributed by atoms with van der Waals surface area (Å²) in [5.74, 6) is 1.33. The van der Waals surface area contributed by atoms with Crippen molar-refractivity contribution < 1.29 is 4.39 Å². The van der Waals surface area contributed by atoms with Crippen LogP contribution in [0.15, 0.2) is 18.2 Å². The molecule has 0 bridgehead atoms. The lowest BCUT2D eigenvalue weighted by Crippen LogP contribution is -2.32. The summed E-state index contributed by atoms with van der Waals surface area (Å²) in [6.07, 6.45) is 3.66. The zero-order chi connectivity index (χ0) is 13.1. The predicted molar refractivity (Wildman–Crippen MR) is 74.2 cm³/mol. The fraction of sp³-hybridized carbons (Fsp3) is 0.625. The number of hydrogen-bond donors (Lipinski definition) is 1. The Morgan fingerprint density at radius 2 is 2.11 bits per heavy atom. The van der Waals surface area contributed by atoms with E-state index in [-0.39, 0.29) is 5.82 Å². The largest absolute Gasteiger partial charge is 0.314 e. The highest BCUT2D eigenvalue weighted by Crippen LogP contribution is 2.34. The van der Waals surface area contributed by atoms with Crippen LogP contribution in [0.3, 0.4) is 0 Å². The van der Waals surface area contributed by atoms with Crippen LogP contribution in [0.4, 0.5) is 4.39 Å². The van der Waals surface area contributed by atoms with Gasteiger partial charge in [0.2, 0.25) is 0 Å². The van der Waals surface area contributed by atoms with Crippen LogP contribution in [0.2, 0.25) is 0 Å². The fourth-order valence-corrected chi connectivity index (χ4v) is 3.26. The van der Waals surface area contributed by atoms with Crippen LogP contribution >= 0.6 is 0 Å². The number of halogens is 1. The van der Waals surface area contributed by atoms with Crippen LogP contribution in [-0.2, 0) is 6.42 Å². The van der Waals surface area contributed by atoms with Gasteiger partial charge in [0.1, 0.15) is 5.82 Å². The molecule has 1 saturated carbocycles. The van der Waals surface area contributed by atoms with Gasteiger partial charge in [0.25, 0.3) is 0 Å². The van der Waals surface area contributed by atoms with Gasteiger partial charge in [0.05, 0.1) is 0 Å². The van der Waals surface area contributed by atoms with Crippen LogP contribution < -0.4 is 5.32 Å². The molecule has 0 spiro atoms. The maximum atomic E-state index is 13.1. The zero-order valence-electron chi connectivity index (χ0n) is 11.7. The molecule has 0 amide bonds. The van der Waals surface area contributed by atoms with Gasteiger partial charge in [-0.1, -0.05) is 19.9 Å². The minimum absolute atomic E-state index is 0.124. The molecule has 0 heterocycles. The van der Waals surface area contributed by atoms with Gasteiger partial charge in [-0.25, -0.2) is 4.39 Å². The Morgan fingerprint density at radius 1 is 1.33 bits per heavy atom. The van der Waals surface area contributed by atoms with Crippen LogP contribution in [0.1, 0.15) is 37.8 Å². The number of hydrogen-bond acceptors (Lipinski definition) is 1. The average Bonchev–Trinajstić information content (AvgIpc) is 2.66. The summed E-state index contributed by atoms with van der Waals surface area (Å²) in [4.78, 5) is 0. The van der Waals surface area contributed by atoms with Crippen molar-refractivity contribution in [1.82, 2.24) is 5.32 Å². The summed E-state index contributed by atoms with van der Waals surface area (Å²) in [6.45, 7) is 7.59. The first kappa shape index (κ1) is 13.5. The maximum Gasteiger partial charge on any atom is 0.123 e. The van der Waals surface area contributed by atoms with E-state index in [9.17, 15) is 4.39 Å². The van der Waals surface area contributed by atoms with Gasteiger partial charge in [-0.05, 0) is 67.8 Å². The molecule has 1 aromatic carbocycles. The Hall–Kier alpha value is -0.890. The summed E-state index contributed by atoms with van der Waals surface area (Å²) in [5, 5.41) is 3.57. The third kappa shape index (κ3) is 2.92. The molecule has 1 aliphatic carbocycles.